The fourth-order valence-corrected chi connectivity index (χ4v) is 4.12. The van der Waals surface area contributed by atoms with Crippen molar-refractivity contribution in [2.45, 2.75) is 37.8 Å². The summed E-state index contributed by atoms with van der Waals surface area (Å²) in [6, 6.07) is 7.71. The predicted octanol–water partition coefficient (Wildman–Crippen LogP) is 2.64. The number of nitrogens with one attached hydrogen (secondary N) is 1. The SMILES string of the molecule is CCOc1cc2c(cc1CNC(=O)c1ccc(Cl)c(S(N)(=O)=O)c1)O[C@H](C)C2. The monoisotopic (exact) mass is 424 g/mol. The molecule has 0 saturated carbocycles. The molecule has 0 aliphatic carbocycles. The van der Waals surface area contributed by atoms with Gasteiger partial charge in [-0.2, -0.15) is 0 Å². The molecule has 1 atom stereocenters. The third kappa shape index (κ3) is 4.40. The van der Waals surface area contributed by atoms with Crippen LogP contribution in [0.2, 0.25) is 5.02 Å². The number of hydrogen-bond acceptors (Lipinski definition) is 5. The van der Waals surface area contributed by atoms with Crippen LogP contribution in [0.15, 0.2) is 35.2 Å². The number of primary sulfonamides is 1. The van der Waals surface area contributed by atoms with Crippen LogP contribution in [0.25, 0.3) is 0 Å². The van der Waals surface area contributed by atoms with Crippen molar-refractivity contribution in [3.05, 3.63) is 52.0 Å². The van der Waals surface area contributed by atoms with Crippen molar-refractivity contribution < 1.29 is 22.7 Å². The average molecular weight is 425 g/mol. The van der Waals surface area contributed by atoms with E-state index in [9.17, 15) is 13.2 Å². The highest BCUT2D eigenvalue weighted by atomic mass is 35.5. The zero-order valence-corrected chi connectivity index (χ0v) is 17.1. The van der Waals surface area contributed by atoms with E-state index in [4.69, 9.17) is 26.2 Å². The maximum Gasteiger partial charge on any atom is 0.251 e. The molecule has 9 heteroatoms. The Morgan fingerprint density at radius 2 is 2.11 bits per heavy atom. The maximum atomic E-state index is 12.5. The van der Waals surface area contributed by atoms with Gasteiger partial charge in [-0.15, -0.1) is 0 Å². The minimum Gasteiger partial charge on any atom is -0.494 e. The Hall–Kier alpha value is -2.29. The number of carbonyl (C=O) groups excluding carboxylic acids is 1. The molecule has 2 aromatic carbocycles. The summed E-state index contributed by atoms with van der Waals surface area (Å²) in [5.41, 5.74) is 1.97. The van der Waals surface area contributed by atoms with Crippen LogP contribution in [-0.4, -0.2) is 27.0 Å². The lowest BCUT2D eigenvalue weighted by Crippen LogP contribution is -2.24. The zero-order chi connectivity index (χ0) is 20.5. The van der Waals surface area contributed by atoms with Crippen LogP contribution in [0.3, 0.4) is 0 Å². The van der Waals surface area contributed by atoms with Crippen molar-refractivity contribution in [3.8, 4) is 11.5 Å². The minimum absolute atomic E-state index is 0.0393. The second-order valence-corrected chi connectivity index (χ2v) is 8.44. The molecule has 0 unspecified atom stereocenters. The zero-order valence-electron chi connectivity index (χ0n) is 15.5. The molecular weight excluding hydrogens is 404 g/mol. The van der Waals surface area contributed by atoms with E-state index in [0.29, 0.717) is 12.4 Å². The van der Waals surface area contributed by atoms with E-state index in [-0.39, 0.29) is 28.1 Å². The molecule has 28 heavy (non-hydrogen) atoms. The quantitative estimate of drug-likeness (QED) is 0.741. The van der Waals surface area contributed by atoms with E-state index in [1.54, 1.807) is 0 Å². The molecule has 0 fully saturated rings. The van der Waals surface area contributed by atoms with E-state index in [0.717, 1.165) is 29.4 Å². The first-order chi connectivity index (χ1) is 13.2. The van der Waals surface area contributed by atoms with Crippen LogP contribution in [0, 0.1) is 0 Å². The highest BCUT2D eigenvalue weighted by molar-refractivity contribution is 7.89. The van der Waals surface area contributed by atoms with E-state index in [1.165, 1.54) is 12.1 Å². The number of nitrogens with two attached hydrogens (primary N) is 1. The molecule has 150 valence electrons. The Morgan fingerprint density at radius 3 is 2.79 bits per heavy atom. The largest absolute Gasteiger partial charge is 0.494 e. The van der Waals surface area contributed by atoms with Crippen LogP contribution in [0.1, 0.15) is 35.3 Å². The van der Waals surface area contributed by atoms with E-state index in [1.807, 2.05) is 26.0 Å². The number of ether oxygens (including phenoxy) is 2. The van der Waals surface area contributed by atoms with Crippen molar-refractivity contribution >= 4 is 27.5 Å². The fourth-order valence-electron chi connectivity index (χ4n) is 3.05. The molecule has 0 bridgehead atoms. The van der Waals surface area contributed by atoms with Gasteiger partial charge in [0.25, 0.3) is 5.91 Å². The van der Waals surface area contributed by atoms with Gasteiger partial charge in [0, 0.05) is 29.7 Å². The highest BCUT2D eigenvalue weighted by Crippen LogP contribution is 2.35. The molecule has 1 aliphatic heterocycles. The molecule has 2 aromatic rings. The van der Waals surface area contributed by atoms with Crippen LogP contribution >= 0.6 is 11.6 Å². The Kier molecular flexibility index (Phi) is 5.83. The van der Waals surface area contributed by atoms with Crippen LogP contribution < -0.4 is 19.9 Å². The molecule has 7 nitrogen and oxygen atoms in total. The molecule has 0 radical (unpaired) electrons. The van der Waals surface area contributed by atoms with Gasteiger partial charge < -0.3 is 14.8 Å². The summed E-state index contributed by atoms with van der Waals surface area (Å²) in [6.07, 6.45) is 0.906. The number of rotatable bonds is 6. The number of fused-ring (bicyclic) bond motifs is 1. The second-order valence-electron chi connectivity index (χ2n) is 6.51. The van der Waals surface area contributed by atoms with Gasteiger partial charge in [0.05, 0.1) is 11.6 Å². The number of amides is 1. The summed E-state index contributed by atoms with van der Waals surface area (Å²) in [4.78, 5) is 12.2. The van der Waals surface area contributed by atoms with Crippen molar-refractivity contribution in [1.29, 1.82) is 0 Å². The van der Waals surface area contributed by atoms with Gasteiger partial charge in [-0.3, -0.25) is 4.79 Å². The van der Waals surface area contributed by atoms with Crippen LogP contribution in [-0.2, 0) is 23.0 Å². The molecule has 1 aliphatic rings. The van der Waals surface area contributed by atoms with Gasteiger partial charge in [-0.1, -0.05) is 11.6 Å². The first-order valence-electron chi connectivity index (χ1n) is 8.74. The minimum atomic E-state index is -4.03. The van der Waals surface area contributed by atoms with Crippen molar-refractivity contribution in [2.75, 3.05) is 6.61 Å². The number of halogens is 1. The summed E-state index contributed by atoms with van der Waals surface area (Å²) in [5, 5.41) is 7.86. The smallest absolute Gasteiger partial charge is 0.251 e. The average Bonchev–Trinajstić information content (AvgIpc) is 2.98. The third-order valence-electron chi connectivity index (χ3n) is 4.32. The van der Waals surface area contributed by atoms with Gasteiger partial charge in [-0.25, -0.2) is 13.6 Å². The summed E-state index contributed by atoms with van der Waals surface area (Å²) >= 11 is 5.86. The predicted molar refractivity (Wildman–Crippen MR) is 105 cm³/mol. The lowest BCUT2D eigenvalue weighted by atomic mass is 10.1. The second kappa shape index (κ2) is 7.98. The summed E-state index contributed by atoms with van der Waals surface area (Å²) < 4.78 is 34.7. The molecule has 1 heterocycles. The molecule has 3 N–H and O–H groups in total. The Bertz CT molecular complexity index is 1020. The van der Waals surface area contributed by atoms with Gasteiger partial charge >= 0.3 is 0 Å². The summed E-state index contributed by atoms with van der Waals surface area (Å²) in [7, 11) is -4.03. The summed E-state index contributed by atoms with van der Waals surface area (Å²) in [6.45, 7) is 4.56. The van der Waals surface area contributed by atoms with Crippen molar-refractivity contribution in [3.63, 3.8) is 0 Å². The molecule has 0 spiro atoms. The molecule has 0 aromatic heterocycles. The van der Waals surface area contributed by atoms with Crippen molar-refractivity contribution in [1.82, 2.24) is 5.32 Å². The van der Waals surface area contributed by atoms with Gasteiger partial charge in [0.2, 0.25) is 10.0 Å². The van der Waals surface area contributed by atoms with Crippen LogP contribution in [0.5, 0.6) is 11.5 Å². The first kappa shape index (κ1) is 20.4. The lowest BCUT2D eigenvalue weighted by Gasteiger charge is -2.14. The molecule has 1 amide bonds. The number of carbonyl (C=O) groups is 1. The topological polar surface area (TPSA) is 108 Å². The van der Waals surface area contributed by atoms with E-state index in [2.05, 4.69) is 5.32 Å². The van der Waals surface area contributed by atoms with Gasteiger partial charge in [0.15, 0.2) is 0 Å². The molecule has 0 saturated heterocycles. The Labute approximate surface area is 168 Å². The molecular formula is C19H21ClN2O5S. The number of hydrogen-bond donors (Lipinski definition) is 2. The van der Waals surface area contributed by atoms with Crippen LogP contribution in [0.4, 0.5) is 0 Å². The standard InChI is InChI=1S/C19H21ClN2O5S/c1-3-26-16-7-13-6-11(2)27-17(13)8-14(16)10-22-19(23)12-4-5-15(20)18(9-12)28(21,24)25/h4-5,7-9,11H,3,6,10H2,1-2H3,(H,22,23)(H2,21,24,25)/t11-/m1/s1. The Morgan fingerprint density at radius 1 is 1.36 bits per heavy atom. The maximum absolute atomic E-state index is 12.5. The van der Waals surface area contributed by atoms with Gasteiger partial charge in [0.1, 0.15) is 22.5 Å². The van der Waals surface area contributed by atoms with E-state index < -0.39 is 15.9 Å². The summed E-state index contributed by atoms with van der Waals surface area (Å²) in [5.74, 6) is 1.00. The fraction of sp³-hybridized carbons (Fsp3) is 0.316. The van der Waals surface area contributed by atoms with Gasteiger partial charge in [-0.05, 0) is 44.2 Å². The van der Waals surface area contributed by atoms with E-state index >= 15 is 0 Å². The normalized spacial score (nSPS) is 15.6. The lowest BCUT2D eigenvalue weighted by molar-refractivity contribution is 0.0950. The number of benzene rings is 2. The molecule has 3 rings (SSSR count). The first-order valence-corrected chi connectivity index (χ1v) is 10.7. The Balaban J connectivity index is 1.81. The van der Waals surface area contributed by atoms with Crippen molar-refractivity contribution in [2.24, 2.45) is 5.14 Å². The highest BCUT2D eigenvalue weighted by Gasteiger charge is 2.22. The third-order valence-corrected chi connectivity index (χ3v) is 5.71. The number of sulfonamides is 1.